The molecule has 0 aliphatic heterocycles. The Kier molecular flexibility index (Phi) is 5.22. The van der Waals surface area contributed by atoms with Crippen molar-refractivity contribution in [3.63, 3.8) is 0 Å². The minimum atomic E-state index is 0.328. The van der Waals surface area contributed by atoms with Gasteiger partial charge in [-0.15, -0.1) is 0 Å². The Labute approximate surface area is 85.5 Å². The zero-order valence-electron chi connectivity index (χ0n) is 9.08. The summed E-state index contributed by atoms with van der Waals surface area (Å²) < 4.78 is 0. The minimum Gasteiger partial charge on any atom is -0.310 e. The van der Waals surface area contributed by atoms with Gasteiger partial charge in [0.25, 0.3) is 0 Å². The molecule has 4 nitrogen and oxygen atoms in total. The molecule has 0 amide bonds. The molecule has 1 rings (SSSR count). The summed E-state index contributed by atoms with van der Waals surface area (Å²) in [6.45, 7) is 2.23. The van der Waals surface area contributed by atoms with Gasteiger partial charge < -0.3 is 5.32 Å². The summed E-state index contributed by atoms with van der Waals surface area (Å²) in [5.74, 6) is 0.948. The molecular weight excluding hydrogens is 176 g/mol. The lowest BCUT2D eigenvalue weighted by Gasteiger charge is -2.12. The summed E-state index contributed by atoms with van der Waals surface area (Å²) in [5.41, 5.74) is 0. The summed E-state index contributed by atoms with van der Waals surface area (Å²) in [4.78, 5) is 4.16. The van der Waals surface area contributed by atoms with E-state index in [1.165, 1.54) is 25.7 Å². The number of nitrogens with one attached hydrogen (secondary N) is 2. The molecular formula is C10H20N4. The van der Waals surface area contributed by atoms with Crippen LogP contribution in [0.3, 0.4) is 0 Å². The number of aromatic nitrogens is 3. The molecule has 1 aromatic rings. The van der Waals surface area contributed by atoms with Crippen molar-refractivity contribution in [3.05, 3.63) is 12.2 Å². The average Bonchev–Trinajstić information content (AvgIpc) is 2.71. The predicted octanol–water partition coefficient (Wildman–Crippen LogP) is 2.04. The van der Waals surface area contributed by atoms with E-state index in [0.29, 0.717) is 6.04 Å². The standard InChI is InChI=1S/C10H20N4/c1-3-4-5-6-7-9(11-2)10-12-8-13-14-10/h8-9,11H,3-7H2,1-2H3,(H,12,13,14). The van der Waals surface area contributed by atoms with Crippen molar-refractivity contribution in [2.24, 2.45) is 0 Å². The molecule has 0 bridgehead atoms. The minimum absolute atomic E-state index is 0.328. The quantitative estimate of drug-likeness (QED) is 0.656. The van der Waals surface area contributed by atoms with E-state index in [-0.39, 0.29) is 0 Å². The molecule has 1 atom stereocenters. The van der Waals surface area contributed by atoms with Crippen LogP contribution < -0.4 is 5.32 Å². The van der Waals surface area contributed by atoms with Crippen molar-refractivity contribution in [2.45, 2.75) is 45.1 Å². The van der Waals surface area contributed by atoms with Crippen LogP contribution in [0, 0.1) is 0 Å². The molecule has 0 radical (unpaired) electrons. The molecule has 1 unspecified atom stereocenters. The van der Waals surface area contributed by atoms with Crippen LogP contribution in [0.4, 0.5) is 0 Å². The maximum atomic E-state index is 4.16. The molecule has 0 fully saturated rings. The Morgan fingerprint density at radius 1 is 1.43 bits per heavy atom. The predicted molar refractivity (Wildman–Crippen MR) is 56.9 cm³/mol. The van der Waals surface area contributed by atoms with Gasteiger partial charge in [-0.25, -0.2) is 4.98 Å². The van der Waals surface area contributed by atoms with Gasteiger partial charge >= 0.3 is 0 Å². The van der Waals surface area contributed by atoms with Crippen molar-refractivity contribution in [3.8, 4) is 0 Å². The van der Waals surface area contributed by atoms with E-state index in [2.05, 4.69) is 27.4 Å². The van der Waals surface area contributed by atoms with E-state index >= 15 is 0 Å². The molecule has 0 aromatic carbocycles. The smallest absolute Gasteiger partial charge is 0.141 e. The summed E-state index contributed by atoms with van der Waals surface area (Å²) in [5, 5.41) is 10.0. The highest BCUT2D eigenvalue weighted by atomic mass is 15.2. The van der Waals surface area contributed by atoms with Gasteiger partial charge in [-0.1, -0.05) is 32.6 Å². The monoisotopic (exact) mass is 196 g/mol. The zero-order valence-corrected chi connectivity index (χ0v) is 9.08. The fourth-order valence-corrected chi connectivity index (χ4v) is 1.58. The topological polar surface area (TPSA) is 53.6 Å². The van der Waals surface area contributed by atoms with E-state index in [9.17, 15) is 0 Å². The number of nitrogens with zero attached hydrogens (tertiary/aromatic N) is 2. The van der Waals surface area contributed by atoms with Crippen LogP contribution in [0.1, 0.15) is 50.9 Å². The molecule has 14 heavy (non-hydrogen) atoms. The summed E-state index contributed by atoms with van der Waals surface area (Å²) in [6.07, 6.45) is 7.86. The van der Waals surface area contributed by atoms with Gasteiger partial charge in [-0.05, 0) is 13.5 Å². The first kappa shape index (κ1) is 11.2. The van der Waals surface area contributed by atoms with Crippen molar-refractivity contribution in [1.29, 1.82) is 0 Å². The fraction of sp³-hybridized carbons (Fsp3) is 0.800. The number of rotatable bonds is 7. The molecule has 4 heteroatoms. The average molecular weight is 196 g/mol. The van der Waals surface area contributed by atoms with Gasteiger partial charge in [0.05, 0.1) is 6.04 Å². The first-order valence-corrected chi connectivity index (χ1v) is 5.41. The normalized spacial score (nSPS) is 13.0. The molecule has 0 saturated heterocycles. The van der Waals surface area contributed by atoms with E-state index in [1.54, 1.807) is 6.33 Å². The van der Waals surface area contributed by atoms with Gasteiger partial charge in [0.2, 0.25) is 0 Å². The van der Waals surface area contributed by atoms with E-state index in [1.807, 2.05) is 7.05 Å². The first-order chi connectivity index (χ1) is 6.88. The Bertz CT molecular complexity index is 220. The number of unbranched alkanes of at least 4 members (excludes halogenated alkanes) is 3. The Morgan fingerprint density at radius 2 is 2.29 bits per heavy atom. The van der Waals surface area contributed by atoms with Crippen LogP contribution in [0.2, 0.25) is 0 Å². The SMILES string of the molecule is CCCCCCC(NC)c1ncn[nH]1. The molecule has 1 heterocycles. The van der Waals surface area contributed by atoms with Crippen molar-refractivity contribution < 1.29 is 0 Å². The Balaban J connectivity index is 2.26. The van der Waals surface area contributed by atoms with Crippen LogP contribution in [0.15, 0.2) is 6.33 Å². The highest BCUT2D eigenvalue weighted by molar-refractivity contribution is 4.90. The second kappa shape index (κ2) is 6.54. The molecule has 0 spiro atoms. The highest BCUT2D eigenvalue weighted by Crippen LogP contribution is 2.15. The maximum absolute atomic E-state index is 4.16. The molecule has 0 saturated carbocycles. The van der Waals surface area contributed by atoms with Gasteiger partial charge in [0, 0.05) is 0 Å². The molecule has 0 aliphatic rings. The van der Waals surface area contributed by atoms with Crippen LogP contribution in [0.5, 0.6) is 0 Å². The van der Waals surface area contributed by atoms with Gasteiger partial charge in [-0.3, -0.25) is 5.10 Å². The largest absolute Gasteiger partial charge is 0.310 e. The third kappa shape index (κ3) is 3.46. The molecule has 0 aliphatic carbocycles. The van der Waals surface area contributed by atoms with Gasteiger partial charge in [0.15, 0.2) is 0 Å². The number of hydrogen-bond donors (Lipinski definition) is 2. The second-order valence-electron chi connectivity index (χ2n) is 3.56. The van der Waals surface area contributed by atoms with Crippen LogP contribution in [0.25, 0.3) is 0 Å². The summed E-state index contributed by atoms with van der Waals surface area (Å²) in [6, 6.07) is 0.328. The fourth-order valence-electron chi connectivity index (χ4n) is 1.58. The lowest BCUT2D eigenvalue weighted by molar-refractivity contribution is 0.486. The lowest BCUT2D eigenvalue weighted by Crippen LogP contribution is -2.17. The number of hydrogen-bond acceptors (Lipinski definition) is 3. The van der Waals surface area contributed by atoms with E-state index in [4.69, 9.17) is 0 Å². The van der Waals surface area contributed by atoms with Crippen molar-refractivity contribution >= 4 is 0 Å². The van der Waals surface area contributed by atoms with Gasteiger partial charge in [-0.2, -0.15) is 5.10 Å². The van der Waals surface area contributed by atoms with Crippen LogP contribution in [-0.2, 0) is 0 Å². The zero-order chi connectivity index (χ0) is 10.2. The van der Waals surface area contributed by atoms with Crippen molar-refractivity contribution in [2.75, 3.05) is 7.05 Å². The van der Waals surface area contributed by atoms with Gasteiger partial charge in [0.1, 0.15) is 12.2 Å². The number of H-pyrrole nitrogens is 1. The van der Waals surface area contributed by atoms with E-state index in [0.717, 1.165) is 12.2 Å². The Morgan fingerprint density at radius 3 is 2.86 bits per heavy atom. The molecule has 1 aromatic heterocycles. The first-order valence-electron chi connectivity index (χ1n) is 5.41. The van der Waals surface area contributed by atoms with Crippen molar-refractivity contribution in [1.82, 2.24) is 20.5 Å². The van der Waals surface area contributed by atoms with Crippen LogP contribution in [-0.4, -0.2) is 22.2 Å². The third-order valence-electron chi connectivity index (χ3n) is 2.46. The third-order valence-corrected chi connectivity index (χ3v) is 2.46. The second-order valence-corrected chi connectivity index (χ2v) is 3.56. The Hall–Kier alpha value is -0.900. The number of aromatic amines is 1. The molecule has 80 valence electrons. The molecule has 2 N–H and O–H groups in total. The van der Waals surface area contributed by atoms with E-state index < -0.39 is 0 Å². The maximum Gasteiger partial charge on any atom is 0.141 e. The highest BCUT2D eigenvalue weighted by Gasteiger charge is 2.10. The summed E-state index contributed by atoms with van der Waals surface area (Å²) >= 11 is 0. The lowest BCUT2D eigenvalue weighted by atomic mass is 10.1. The van der Waals surface area contributed by atoms with Crippen LogP contribution >= 0.6 is 0 Å². The summed E-state index contributed by atoms with van der Waals surface area (Å²) in [7, 11) is 1.97.